The maximum atomic E-state index is 11.3. The molecular weight excluding hydrogens is 238 g/mol. The maximum Gasteiger partial charge on any atom is 0.328 e. The Bertz CT molecular complexity index is 511. The lowest BCUT2D eigenvalue weighted by Crippen LogP contribution is -2.19. The second kappa shape index (κ2) is 6.04. The third kappa shape index (κ3) is 4.79. The average Bonchev–Trinajstić information content (AvgIpc) is 2.26. The zero-order valence-corrected chi connectivity index (χ0v) is 9.21. The number of carbonyl (C=O) groups excluding carboxylic acids is 2. The number of carboxylic acid groups (broad SMARTS) is 1. The first-order valence-corrected chi connectivity index (χ1v) is 4.86. The Morgan fingerprint density at radius 2 is 1.72 bits per heavy atom. The lowest BCUT2D eigenvalue weighted by molar-refractivity contribution is -0.131. The van der Waals surface area contributed by atoms with Gasteiger partial charge in [-0.05, 0) is 18.2 Å². The first-order chi connectivity index (χ1) is 8.47. The molecule has 3 amide bonds. The second-order valence-corrected chi connectivity index (χ2v) is 3.23. The van der Waals surface area contributed by atoms with Gasteiger partial charge in [0.1, 0.15) is 0 Å². The van der Waals surface area contributed by atoms with Crippen LogP contribution in [0.1, 0.15) is 0 Å². The molecule has 5 N–H and O–H groups in total. The van der Waals surface area contributed by atoms with E-state index in [0.717, 1.165) is 12.2 Å². The minimum absolute atomic E-state index is 0.404. The number of carbonyl (C=O) groups is 3. The summed E-state index contributed by atoms with van der Waals surface area (Å²) < 4.78 is 0. The lowest BCUT2D eigenvalue weighted by Gasteiger charge is -2.05. The Morgan fingerprint density at radius 1 is 1.11 bits per heavy atom. The van der Waals surface area contributed by atoms with E-state index in [2.05, 4.69) is 10.6 Å². The highest BCUT2D eigenvalue weighted by Crippen LogP contribution is 2.14. The van der Waals surface area contributed by atoms with Crippen LogP contribution in [-0.4, -0.2) is 23.0 Å². The molecular formula is C11H11N3O4. The molecule has 7 heteroatoms. The van der Waals surface area contributed by atoms with Gasteiger partial charge in [0, 0.05) is 23.5 Å². The number of nitrogens with one attached hydrogen (secondary N) is 2. The van der Waals surface area contributed by atoms with Crippen LogP contribution in [0.4, 0.5) is 16.2 Å². The molecule has 0 saturated carbocycles. The number of hydrogen-bond acceptors (Lipinski definition) is 3. The predicted octanol–water partition coefficient (Wildman–Crippen LogP) is 0.756. The van der Waals surface area contributed by atoms with E-state index in [1.807, 2.05) is 0 Å². The molecule has 1 aromatic carbocycles. The van der Waals surface area contributed by atoms with Gasteiger partial charge in [-0.2, -0.15) is 0 Å². The monoisotopic (exact) mass is 249 g/mol. The van der Waals surface area contributed by atoms with Crippen molar-refractivity contribution in [2.75, 3.05) is 10.6 Å². The van der Waals surface area contributed by atoms with Crippen molar-refractivity contribution in [3.05, 3.63) is 36.4 Å². The fraction of sp³-hybridized carbons (Fsp3) is 0. The van der Waals surface area contributed by atoms with E-state index in [-0.39, 0.29) is 0 Å². The first kappa shape index (κ1) is 13.2. The van der Waals surface area contributed by atoms with Crippen molar-refractivity contribution < 1.29 is 19.5 Å². The second-order valence-electron chi connectivity index (χ2n) is 3.23. The summed E-state index contributed by atoms with van der Waals surface area (Å²) in [6, 6.07) is 5.54. The highest BCUT2D eigenvalue weighted by Gasteiger charge is 2.01. The van der Waals surface area contributed by atoms with Crippen molar-refractivity contribution in [2.45, 2.75) is 0 Å². The highest BCUT2D eigenvalue weighted by atomic mass is 16.4. The summed E-state index contributed by atoms with van der Waals surface area (Å²) in [5, 5.41) is 13.1. The maximum absolute atomic E-state index is 11.3. The zero-order valence-electron chi connectivity index (χ0n) is 9.21. The Balaban J connectivity index is 2.70. The van der Waals surface area contributed by atoms with Crippen LogP contribution in [0.2, 0.25) is 0 Å². The number of aliphatic carboxylic acids is 1. The molecule has 18 heavy (non-hydrogen) atoms. The largest absolute Gasteiger partial charge is 0.478 e. The molecule has 0 unspecified atom stereocenters. The first-order valence-electron chi connectivity index (χ1n) is 4.86. The minimum Gasteiger partial charge on any atom is -0.478 e. The molecule has 0 heterocycles. The molecule has 0 aliphatic heterocycles. The smallest absolute Gasteiger partial charge is 0.328 e. The summed E-state index contributed by atoms with van der Waals surface area (Å²) in [7, 11) is 0. The van der Waals surface area contributed by atoms with Gasteiger partial charge in [-0.1, -0.05) is 6.07 Å². The molecule has 0 saturated heterocycles. The van der Waals surface area contributed by atoms with Gasteiger partial charge in [-0.25, -0.2) is 9.59 Å². The Kier molecular flexibility index (Phi) is 4.44. The normalized spacial score (nSPS) is 10.0. The molecule has 94 valence electrons. The number of rotatable bonds is 4. The van der Waals surface area contributed by atoms with E-state index in [0.29, 0.717) is 11.4 Å². The van der Waals surface area contributed by atoms with Crippen molar-refractivity contribution in [3.8, 4) is 0 Å². The zero-order chi connectivity index (χ0) is 13.5. The van der Waals surface area contributed by atoms with Crippen molar-refractivity contribution >= 4 is 29.3 Å². The third-order valence-corrected chi connectivity index (χ3v) is 1.77. The number of benzene rings is 1. The van der Waals surface area contributed by atoms with Crippen LogP contribution in [0.25, 0.3) is 0 Å². The van der Waals surface area contributed by atoms with Gasteiger partial charge in [0.05, 0.1) is 0 Å². The van der Waals surface area contributed by atoms with Gasteiger partial charge in [0.15, 0.2) is 0 Å². The molecule has 0 radical (unpaired) electrons. The number of amides is 3. The van der Waals surface area contributed by atoms with Crippen molar-refractivity contribution in [3.63, 3.8) is 0 Å². The number of primary amides is 1. The minimum atomic E-state index is -1.21. The van der Waals surface area contributed by atoms with Gasteiger partial charge in [0.2, 0.25) is 5.91 Å². The van der Waals surface area contributed by atoms with Crippen LogP contribution >= 0.6 is 0 Å². The van der Waals surface area contributed by atoms with Gasteiger partial charge < -0.3 is 21.5 Å². The van der Waals surface area contributed by atoms with E-state index in [1.165, 1.54) is 6.07 Å². The Morgan fingerprint density at radius 3 is 2.28 bits per heavy atom. The van der Waals surface area contributed by atoms with E-state index in [9.17, 15) is 14.4 Å². The quantitative estimate of drug-likeness (QED) is 0.588. The number of anilines is 2. The van der Waals surface area contributed by atoms with Gasteiger partial charge in [0.25, 0.3) is 0 Å². The van der Waals surface area contributed by atoms with Crippen molar-refractivity contribution in [1.29, 1.82) is 0 Å². The number of hydrogen-bond donors (Lipinski definition) is 4. The third-order valence-electron chi connectivity index (χ3n) is 1.77. The van der Waals surface area contributed by atoms with Crippen molar-refractivity contribution in [2.24, 2.45) is 5.73 Å². The molecule has 7 nitrogen and oxygen atoms in total. The Hall–Kier alpha value is -2.83. The molecule has 0 bridgehead atoms. The number of urea groups is 1. The van der Waals surface area contributed by atoms with Crippen LogP contribution in [0, 0.1) is 0 Å². The molecule has 0 atom stereocenters. The Labute approximate surface area is 102 Å². The summed E-state index contributed by atoms with van der Waals surface area (Å²) in [5.41, 5.74) is 5.77. The van der Waals surface area contributed by atoms with Crippen molar-refractivity contribution in [1.82, 2.24) is 0 Å². The molecule has 0 aliphatic carbocycles. The fourth-order valence-corrected chi connectivity index (χ4v) is 1.15. The molecule has 0 aromatic heterocycles. The molecule has 0 fully saturated rings. The van der Waals surface area contributed by atoms with Crippen LogP contribution < -0.4 is 16.4 Å². The summed E-state index contributed by atoms with van der Waals surface area (Å²) in [6.07, 6.45) is 1.61. The lowest BCUT2D eigenvalue weighted by atomic mass is 10.2. The summed E-state index contributed by atoms with van der Waals surface area (Å²) in [4.78, 5) is 32.1. The highest BCUT2D eigenvalue weighted by molar-refractivity contribution is 6.02. The van der Waals surface area contributed by atoms with E-state index in [4.69, 9.17) is 10.8 Å². The summed E-state index contributed by atoms with van der Waals surface area (Å²) in [5.74, 6) is -1.80. The topological polar surface area (TPSA) is 122 Å². The summed E-state index contributed by atoms with van der Waals surface area (Å²) in [6.45, 7) is 0. The van der Waals surface area contributed by atoms with E-state index < -0.39 is 17.9 Å². The molecule has 1 aromatic rings. The number of carboxylic acids is 1. The van der Waals surface area contributed by atoms with Crippen LogP contribution in [0.3, 0.4) is 0 Å². The van der Waals surface area contributed by atoms with Gasteiger partial charge in [-0.15, -0.1) is 0 Å². The standard InChI is InChI=1S/C11H11N3O4/c12-11(18)14-8-3-1-2-7(6-8)13-9(15)4-5-10(16)17/h1-6H,(H,13,15)(H,16,17)(H3,12,14,18)/b5-4-. The van der Waals surface area contributed by atoms with Gasteiger partial charge in [-0.3, -0.25) is 4.79 Å². The van der Waals surface area contributed by atoms with Crippen LogP contribution in [0.15, 0.2) is 36.4 Å². The van der Waals surface area contributed by atoms with Crippen LogP contribution in [0.5, 0.6) is 0 Å². The number of nitrogens with two attached hydrogens (primary N) is 1. The SMILES string of the molecule is NC(=O)Nc1cccc(NC(=O)/C=C\C(=O)O)c1. The average molecular weight is 249 g/mol. The van der Waals surface area contributed by atoms with E-state index in [1.54, 1.807) is 18.2 Å². The van der Waals surface area contributed by atoms with E-state index >= 15 is 0 Å². The van der Waals surface area contributed by atoms with Crippen LogP contribution in [-0.2, 0) is 9.59 Å². The molecule has 1 rings (SSSR count). The van der Waals surface area contributed by atoms with Gasteiger partial charge >= 0.3 is 12.0 Å². The summed E-state index contributed by atoms with van der Waals surface area (Å²) >= 11 is 0. The molecule has 0 spiro atoms. The fourth-order valence-electron chi connectivity index (χ4n) is 1.15. The molecule has 0 aliphatic rings. The predicted molar refractivity (Wildman–Crippen MR) is 65.1 cm³/mol.